The van der Waals surface area contributed by atoms with Gasteiger partial charge in [-0.1, -0.05) is 29.5 Å². The lowest BCUT2D eigenvalue weighted by Gasteiger charge is -2.08. The molecule has 1 aromatic heterocycles. The van der Waals surface area contributed by atoms with Gasteiger partial charge >= 0.3 is 0 Å². The number of thiazole rings is 1. The van der Waals surface area contributed by atoms with Gasteiger partial charge in [-0.05, 0) is 36.8 Å². The van der Waals surface area contributed by atoms with Crippen molar-refractivity contribution in [2.45, 2.75) is 24.8 Å². The van der Waals surface area contributed by atoms with Gasteiger partial charge in [-0.2, -0.15) is 0 Å². The van der Waals surface area contributed by atoms with Crippen LogP contribution in [0.5, 0.6) is 5.19 Å². The molecule has 0 fully saturated rings. The predicted octanol–water partition coefficient (Wildman–Crippen LogP) is 4.11. The highest BCUT2D eigenvalue weighted by atomic mass is 32.2. The number of aromatic nitrogens is 1. The van der Waals surface area contributed by atoms with Crippen LogP contribution in [0.15, 0.2) is 47.4 Å². The second kappa shape index (κ2) is 7.65. The summed E-state index contributed by atoms with van der Waals surface area (Å²) in [5.74, 6) is 0. The van der Waals surface area contributed by atoms with Crippen LogP contribution in [0.4, 0.5) is 8.78 Å². The number of halogens is 2. The molecular formula is C17H16F2N2O3S2. The largest absolute Gasteiger partial charge is 0.470 e. The molecule has 0 amide bonds. The Morgan fingerprint density at radius 3 is 2.77 bits per heavy atom. The number of nitrogens with zero attached hydrogens (tertiary/aromatic N) is 1. The predicted molar refractivity (Wildman–Crippen MR) is 96.2 cm³/mol. The minimum Gasteiger partial charge on any atom is -0.470 e. The minimum atomic E-state index is -3.79. The van der Waals surface area contributed by atoms with Gasteiger partial charge in [0.15, 0.2) is 0 Å². The van der Waals surface area contributed by atoms with E-state index in [4.69, 9.17) is 4.74 Å². The van der Waals surface area contributed by atoms with Crippen molar-refractivity contribution in [2.24, 2.45) is 0 Å². The van der Waals surface area contributed by atoms with E-state index >= 15 is 0 Å². The van der Waals surface area contributed by atoms with Crippen LogP contribution < -0.4 is 9.46 Å². The van der Waals surface area contributed by atoms with E-state index in [1.165, 1.54) is 41.7 Å². The molecule has 0 atom stereocenters. The van der Waals surface area contributed by atoms with E-state index in [9.17, 15) is 17.2 Å². The summed E-state index contributed by atoms with van der Waals surface area (Å²) in [5, 5.41) is 0.480. The Balaban J connectivity index is 1.79. The lowest BCUT2D eigenvalue weighted by molar-refractivity contribution is 0.151. The van der Waals surface area contributed by atoms with Crippen LogP contribution in [-0.4, -0.2) is 20.0 Å². The molecule has 0 bridgehead atoms. The number of sulfonamides is 1. The van der Waals surface area contributed by atoms with Crippen molar-refractivity contribution in [1.29, 1.82) is 0 Å². The average Bonchev–Trinajstić information content (AvgIpc) is 3.02. The van der Waals surface area contributed by atoms with E-state index in [1.807, 2.05) is 6.92 Å². The van der Waals surface area contributed by atoms with Crippen molar-refractivity contribution in [3.05, 3.63) is 53.6 Å². The van der Waals surface area contributed by atoms with Crippen LogP contribution in [0.2, 0.25) is 0 Å². The highest BCUT2D eigenvalue weighted by Gasteiger charge is 2.16. The molecule has 0 spiro atoms. The second-order valence-electron chi connectivity index (χ2n) is 5.41. The van der Waals surface area contributed by atoms with Gasteiger partial charge < -0.3 is 4.74 Å². The van der Waals surface area contributed by atoms with Crippen molar-refractivity contribution >= 4 is 31.6 Å². The molecule has 138 valence electrons. The summed E-state index contributed by atoms with van der Waals surface area (Å²) in [4.78, 5) is 4.34. The smallest absolute Gasteiger partial charge is 0.274 e. The van der Waals surface area contributed by atoms with Crippen LogP contribution in [0.1, 0.15) is 24.5 Å². The topological polar surface area (TPSA) is 68.3 Å². The third kappa shape index (κ3) is 4.17. The summed E-state index contributed by atoms with van der Waals surface area (Å²) < 4.78 is 58.9. The first-order valence-electron chi connectivity index (χ1n) is 7.79. The summed E-state index contributed by atoms with van der Waals surface area (Å²) in [6, 6.07) is 10.2. The number of ether oxygens (including phenoxy) is 1. The fourth-order valence-corrected chi connectivity index (χ4v) is 4.37. The Morgan fingerprint density at radius 2 is 2.04 bits per heavy atom. The molecule has 0 saturated carbocycles. The lowest BCUT2D eigenvalue weighted by Crippen LogP contribution is -2.23. The van der Waals surface area contributed by atoms with Crippen LogP contribution >= 0.6 is 11.3 Å². The number of nitrogens with one attached hydrogen (secondary N) is 1. The maximum Gasteiger partial charge on any atom is 0.274 e. The van der Waals surface area contributed by atoms with Gasteiger partial charge in [0.25, 0.3) is 11.6 Å². The Labute approximate surface area is 153 Å². The molecule has 9 heteroatoms. The number of fused-ring (bicyclic) bond motifs is 1. The fourth-order valence-electron chi connectivity index (χ4n) is 2.34. The molecule has 1 heterocycles. The molecule has 0 radical (unpaired) electrons. The van der Waals surface area contributed by atoms with Gasteiger partial charge in [0, 0.05) is 12.1 Å². The van der Waals surface area contributed by atoms with Crippen LogP contribution in [0, 0.1) is 0 Å². The SMILES string of the molecule is CCOc1nc2ccc(S(=O)(=O)NCc3cccc(C(F)F)c3)cc2s1. The van der Waals surface area contributed by atoms with Crippen molar-refractivity contribution in [2.75, 3.05) is 6.61 Å². The summed E-state index contributed by atoms with van der Waals surface area (Å²) in [5.41, 5.74) is 0.974. The van der Waals surface area contributed by atoms with E-state index in [2.05, 4.69) is 9.71 Å². The third-order valence-corrected chi connectivity index (χ3v) is 5.92. The average molecular weight is 398 g/mol. The van der Waals surface area contributed by atoms with Gasteiger partial charge in [-0.15, -0.1) is 0 Å². The normalized spacial score (nSPS) is 12.0. The van der Waals surface area contributed by atoms with E-state index in [1.54, 1.807) is 12.1 Å². The molecule has 0 aliphatic heterocycles. The van der Waals surface area contributed by atoms with Crippen molar-refractivity contribution < 1.29 is 21.9 Å². The Morgan fingerprint density at radius 1 is 1.23 bits per heavy atom. The molecule has 0 unspecified atom stereocenters. The second-order valence-corrected chi connectivity index (χ2v) is 8.17. The zero-order valence-corrected chi connectivity index (χ0v) is 15.4. The number of benzene rings is 2. The first-order valence-corrected chi connectivity index (χ1v) is 10.1. The van der Waals surface area contributed by atoms with Crippen LogP contribution in [0.3, 0.4) is 0 Å². The fraction of sp³-hybridized carbons (Fsp3) is 0.235. The molecule has 3 aromatic rings. The highest BCUT2D eigenvalue weighted by molar-refractivity contribution is 7.89. The van der Waals surface area contributed by atoms with Gasteiger partial charge in [0.05, 0.1) is 21.7 Å². The molecule has 0 saturated heterocycles. The van der Waals surface area contributed by atoms with E-state index < -0.39 is 16.4 Å². The molecule has 2 aromatic carbocycles. The maximum atomic E-state index is 12.7. The summed E-state index contributed by atoms with van der Waals surface area (Å²) in [6.07, 6.45) is -2.60. The number of alkyl halides is 2. The third-order valence-electron chi connectivity index (χ3n) is 3.59. The highest BCUT2D eigenvalue weighted by Crippen LogP contribution is 2.29. The lowest BCUT2D eigenvalue weighted by atomic mass is 10.1. The first-order chi connectivity index (χ1) is 12.4. The zero-order valence-electron chi connectivity index (χ0n) is 13.8. The van der Waals surface area contributed by atoms with Crippen LogP contribution in [-0.2, 0) is 16.6 Å². The molecule has 0 aliphatic rings. The Hall–Kier alpha value is -2.10. The number of hydrogen-bond donors (Lipinski definition) is 1. The van der Waals surface area contributed by atoms with Crippen molar-refractivity contribution in [1.82, 2.24) is 9.71 Å². The Kier molecular flexibility index (Phi) is 5.49. The quantitative estimate of drug-likeness (QED) is 0.650. The molecule has 1 N–H and O–H groups in total. The molecular weight excluding hydrogens is 382 g/mol. The van der Waals surface area contributed by atoms with E-state index in [0.29, 0.717) is 27.6 Å². The van der Waals surface area contributed by atoms with E-state index in [-0.39, 0.29) is 17.0 Å². The first kappa shape index (κ1) is 18.7. The standard InChI is InChI=1S/C17H16F2N2O3S2/c1-2-24-17-21-14-7-6-13(9-15(14)25-17)26(22,23)20-10-11-4-3-5-12(8-11)16(18)19/h3-9,16,20H,2,10H2,1H3. The number of rotatable bonds is 7. The molecule has 0 aliphatic carbocycles. The zero-order chi connectivity index (χ0) is 18.7. The minimum absolute atomic E-state index is 0.0756. The Bertz CT molecular complexity index is 1020. The summed E-state index contributed by atoms with van der Waals surface area (Å²) in [7, 11) is -3.79. The molecule has 3 rings (SSSR count). The van der Waals surface area contributed by atoms with Gasteiger partial charge in [-0.3, -0.25) is 0 Å². The molecule has 26 heavy (non-hydrogen) atoms. The summed E-state index contributed by atoms with van der Waals surface area (Å²) >= 11 is 1.26. The van der Waals surface area contributed by atoms with Gasteiger partial charge in [-0.25, -0.2) is 26.9 Å². The van der Waals surface area contributed by atoms with Crippen molar-refractivity contribution in [3.8, 4) is 5.19 Å². The summed E-state index contributed by atoms with van der Waals surface area (Å²) in [6.45, 7) is 2.24. The maximum absolute atomic E-state index is 12.7. The van der Waals surface area contributed by atoms with Gasteiger partial charge in [0.1, 0.15) is 0 Å². The number of hydrogen-bond acceptors (Lipinski definition) is 5. The van der Waals surface area contributed by atoms with Gasteiger partial charge in [0.2, 0.25) is 10.0 Å². The monoisotopic (exact) mass is 398 g/mol. The molecule has 5 nitrogen and oxygen atoms in total. The van der Waals surface area contributed by atoms with Crippen LogP contribution in [0.25, 0.3) is 10.2 Å². The van der Waals surface area contributed by atoms with Crippen molar-refractivity contribution in [3.63, 3.8) is 0 Å². The van der Waals surface area contributed by atoms with E-state index in [0.717, 1.165) is 0 Å².